The highest BCUT2D eigenvalue weighted by Gasteiger charge is 2.75. The predicted octanol–water partition coefficient (Wildman–Crippen LogP) is 4.75. The molecule has 0 aromatic heterocycles. The van der Waals surface area contributed by atoms with E-state index >= 15 is 8.78 Å². The van der Waals surface area contributed by atoms with E-state index in [9.17, 15) is 19.2 Å². The number of ether oxygens (including phenoxy) is 1. The molecule has 2 aromatic rings. The van der Waals surface area contributed by atoms with Crippen LogP contribution >= 0.6 is 46.4 Å². The van der Waals surface area contributed by atoms with Gasteiger partial charge in [0.1, 0.15) is 18.1 Å². The second kappa shape index (κ2) is 11.1. The van der Waals surface area contributed by atoms with E-state index in [2.05, 4.69) is 10.6 Å². The van der Waals surface area contributed by atoms with Crippen molar-refractivity contribution < 1.29 is 32.7 Å². The van der Waals surface area contributed by atoms with Crippen molar-refractivity contribution in [1.82, 2.24) is 10.2 Å². The molecule has 2 N–H and O–H groups in total. The summed E-state index contributed by atoms with van der Waals surface area (Å²) in [6.45, 7) is 0.0202. The van der Waals surface area contributed by atoms with Crippen LogP contribution in [0, 0.1) is 11.8 Å². The molecule has 224 valence electrons. The number of halogens is 6. The van der Waals surface area contributed by atoms with Crippen LogP contribution in [0.25, 0.3) is 0 Å². The Kier molecular flexibility index (Phi) is 8.12. The Hall–Kier alpha value is -2.70. The summed E-state index contributed by atoms with van der Waals surface area (Å²) in [7, 11) is 1.39. The molecule has 15 heteroatoms. The van der Waals surface area contributed by atoms with Gasteiger partial charge in [-0.1, -0.05) is 46.4 Å². The van der Waals surface area contributed by atoms with Crippen LogP contribution in [0.2, 0.25) is 20.1 Å². The second-order valence-electron chi connectivity index (χ2n) is 10.5. The van der Waals surface area contributed by atoms with E-state index in [0.29, 0.717) is 0 Å². The molecule has 2 aromatic carbocycles. The van der Waals surface area contributed by atoms with Crippen LogP contribution in [0.15, 0.2) is 30.3 Å². The van der Waals surface area contributed by atoms with Gasteiger partial charge in [-0.25, -0.2) is 8.78 Å². The van der Waals surface area contributed by atoms with Crippen LogP contribution in [0.5, 0.6) is 0 Å². The van der Waals surface area contributed by atoms with Gasteiger partial charge in [-0.15, -0.1) is 0 Å². The molecular formula is C27H24Cl4F2N4O5. The van der Waals surface area contributed by atoms with Crippen LogP contribution in [0.4, 0.5) is 20.2 Å². The highest BCUT2D eigenvalue weighted by atomic mass is 35.5. The van der Waals surface area contributed by atoms with Gasteiger partial charge in [0.25, 0.3) is 11.8 Å². The molecule has 0 unspecified atom stereocenters. The lowest BCUT2D eigenvalue weighted by molar-refractivity contribution is -0.159. The van der Waals surface area contributed by atoms with Crippen LogP contribution in [0.1, 0.15) is 18.9 Å². The van der Waals surface area contributed by atoms with E-state index in [4.69, 9.17) is 51.1 Å². The highest BCUT2D eigenvalue weighted by molar-refractivity contribution is 6.38. The third-order valence-corrected chi connectivity index (χ3v) is 8.81. The van der Waals surface area contributed by atoms with E-state index in [0.717, 1.165) is 4.90 Å². The number of nitrogens with one attached hydrogen (secondary N) is 2. The molecule has 9 nitrogen and oxygen atoms in total. The Labute approximate surface area is 259 Å². The summed E-state index contributed by atoms with van der Waals surface area (Å²) >= 11 is 25.0. The molecule has 0 radical (unpaired) electrons. The summed E-state index contributed by atoms with van der Waals surface area (Å²) in [6.07, 6.45) is -0.804. The lowest BCUT2D eigenvalue weighted by atomic mass is 9.73. The minimum Gasteiger partial charge on any atom is -0.464 e. The van der Waals surface area contributed by atoms with Gasteiger partial charge in [-0.2, -0.15) is 0 Å². The van der Waals surface area contributed by atoms with Gasteiger partial charge in [0.2, 0.25) is 11.8 Å². The maximum atomic E-state index is 15.1. The maximum absolute atomic E-state index is 15.1. The summed E-state index contributed by atoms with van der Waals surface area (Å²) < 4.78 is 35.8. The molecule has 2 saturated heterocycles. The Bertz CT molecular complexity index is 1490. The molecule has 3 heterocycles. The number of alkyl halides is 2. The Balaban J connectivity index is 1.67. The number of fused-ring (bicyclic) bond motifs is 4. The lowest BCUT2D eigenvalue weighted by Gasteiger charge is -2.36. The van der Waals surface area contributed by atoms with Crippen molar-refractivity contribution in [2.75, 3.05) is 37.0 Å². The van der Waals surface area contributed by atoms with Gasteiger partial charge < -0.3 is 20.3 Å². The first-order chi connectivity index (χ1) is 19.7. The zero-order valence-corrected chi connectivity index (χ0v) is 25.2. The summed E-state index contributed by atoms with van der Waals surface area (Å²) in [4.78, 5) is 55.9. The zero-order chi connectivity index (χ0) is 30.7. The average molecular weight is 664 g/mol. The first kappa shape index (κ1) is 30.7. The molecular weight excluding hydrogens is 640 g/mol. The van der Waals surface area contributed by atoms with Crippen molar-refractivity contribution in [2.45, 2.75) is 30.8 Å². The first-order valence-electron chi connectivity index (χ1n) is 12.8. The van der Waals surface area contributed by atoms with E-state index in [1.165, 1.54) is 49.2 Å². The molecule has 0 saturated carbocycles. The number of benzene rings is 2. The smallest absolute Gasteiger partial charge is 0.312 e. The molecule has 0 aliphatic carbocycles. The van der Waals surface area contributed by atoms with Gasteiger partial charge in [0, 0.05) is 52.8 Å². The quantitative estimate of drug-likeness (QED) is 0.341. The third kappa shape index (κ3) is 5.09. The summed E-state index contributed by atoms with van der Waals surface area (Å²) in [5.74, 6) is -9.30. The van der Waals surface area contributed by atoms with Gasteiger partial charge in [-0.3, -0.25) is 24.1 Å². The molecule has 4 atom stereocenters. The standard InChI is InChI=1S/C27H24Cl4F2N4O5/c1-12(38)34-3-4-42-24(40)21-20(23(39)36(2)16-6-13(28)5-14(29)7-16)19-10-26(32,33)11-37(19)27(21)17-8-15(30)9-18(31)22(17)35-25(27)41/h5-9,19-21H,3-4,10-11H2,1-2H3,(H,34,38)(H,35,41)/t19-,20+,21-,27+/m1/s1. The Morgan fingerprint density at radius 2 is 1.74 bits per heavy atom. The van der Waals surface area contributed by atoms with Crippen molar-refractivity contribution in [1.29, 1.82) is 0 Å². The molecule has 2 fully saturated rings. The van der Waals surface area contributed by atoms with E-state index < -0.39 is 60.1 Å². The summed E-state index contributed by atoms with van der Waals surface area (Å²) in [5, 5.41) is 5.68. The number of anilines is 2. The van der Waals surface area contributed by atoms with Crippen molar-refractivity contribution in [3.05, 3.63) is 56.0 Å². The number of carbonyl (C=O) groups is 4. The van der Waals surface area contributed by atoms with Crippen LogP contribution in [-0.2, 0) is 29.5 Å². The average Bonchev–Trinajstić information content (AvgIpc) is 3.46. The zero-order valence-electron chi connectivity index (χ0n) is 22.2. The first-order valence-corrected chi connectivity index (χ1v) is 14.3. The van der Waals surface area contributed by atoms with Crippen LogP contribution in [0.3, 0.4) is 0 Å². The normalized spacial score (nSPS) is 25.6. The predicted molar refractivity (Wildman–Crippen MR) is 153 cm³/mol. The van der Waals surface area contributed by atoms with Gasteiger partial charge in [0.15, 0.2) is 0 Å². The Morgan fingerprint density at radius 1 is 1.10 bits per heavy atom. The summed E-state index contributed by atoms with van der Waals surface area (Å²) in [6, 6.07) is 5.85. The number of amides is 3. The number of rotatable bonds is 6. The number of esters is 1. The van der Waals surface area contributed by atoms with Gasteiger partial charge in [-0.05, 0) is 30.3 Å². The van der Waals surface area contributed by atoms with Crippen LogP contribution in [-0.4, -0.2) is 67.3 Å². The largest absolute Gasteiger partial charge is 0.464 e. The SMILES string of the molecule is CC(=O)NCCOC(=O)[C@H]1[C@@H](C(=O)N(C)c2cc(Cl)cc(Cl)c2)[C@H]2CC(F)(F)CN2[C@]12C(=O)Nc1c(Cl)cc(Cl)cc12. The van der Waals surface area contributed by atoms with Crippen molar-refractivity contribution in [3.8, 4) is 0 Å². The molecule has 0 bridgehead atoms. The van der Waals surface area contributed by atoms with E-state index in [1.54, 1.807) is 0 Å². The highest BCUT2D eigenvalue weighted by Crippen LogP contribution is 2.61. The molecule has 3 amide bonds. The fourth-order valence-corrected chi connectivity index (χ4v) is 7.37. The van der Waals surface area contributed by atoms with E-state index in [1.807, 2.05) is 0 Å². The number of hydrogen-bond donors (Lipinski definition) is 2. The lowest BCUT2D eigenvalue weighted by Crippen LogP contribution is -2.55. The fourth-order valence-electron chi connectivity index (χ4n) is 6.32. The fraction of sp³-hybridized carbons (Fsp3) is 0.407. The molecule has 1 spiro atoms. The van der Waals surface area contributed by atoms with Crippen molar-refractivity contribution >= 4 is 81.5 Å². The minimum atomic E-state index is -3.29. The number of carbonyl (C=O) groups excluding carboxylic acids is 4. The summed E-state index contributed by atoms with van der Waals surface area (Å²) in [5.41, 5.74) is -1.68. The van der Waals surface area contributed by atoms with Gasteiger partial charge >= 0.3 is 5.97 Å². The monoisotopic (exact) mass is 662 g/mol. The number of nitrogens with zero attached hydrogens (tertiary/aromatic N) is 2. The van der Waals surface area contributed by atoms with Crippen molar-refractivity contribution in [3.63, 3.8) is 0 Å². The third-order valence-electron chi connectivity index (χ3n) is 7.86. The van der Waals surface area contributed by atoms with E-state index in [-0.39, 0.29) is 56.1 Å². The topological polar surface area (TPSA) is 108 Å². The van der Waals surface area contributed by atoms with Gasteiger partial charge in [0.05, 0.1) is 29.7 Å². The molecule has 3 aliphatic rings. The van der Waals surface area contributed by atoms with Crippen molar-refractivity contribution in [2.24, 2.45) is 11.8 Å². The van der Waals surface area contributed by atoms with Crippen LogP contribution < -0.4 is 15.5 Å². The minimum absolute atomic E-state index is 0.0310. The molecule has 3 aliphatic heterocycles. The molecule has 42 heavy (non-hydrogen) atoms. The number of hydrogen-bond acceptors (Lipinski definition) is 6. The second-order valence-corrected chi connectivity index (χ2v) is 12.2. The maximum Gasteiger partial charge on any atom is 0.312 e. The Morgan fingerprint density at radius 3 is 2.38 bits per heavy atom. The molecule has 5 rings (SSSR count).